The van der Waals surface area contributed by atoms with Crippen molar-refractivity contribution in [1.82, 2.24) is 0 Å². The van der Waals surface area contributed by atoms with E-state index in [2.05, 4.69) is 0 Å². The molecule has 0 N–H and O–H groups in total. The van der Waals surface area contributed by atoms with Crippen molar-refractivity contribution in [2.75, 3.05) is 32.3 Å². The predicted molar refractivity (Wildman–Crippen MR) is 87.5 cm³/mol. The normalized spacial score (nSPS) is 12.7. The summed E-state index contributed by atoms with van der Waals surface area (Å²) in [7, 11) is 3.22. The highest BCUT2D eigenvalue weighted by Crippen LogP contribution is 2.31. The van der Waals surface area contributed by atoms with E-state index in [1.165, 1.54) is 0 Å². The van der Waals surface area contributed by atoms with E-state index >= 15 is 0 Å². The van der Waals surface area contributed by atoms with E-state index in [0.717, 1.165) is 23.4 Å². The van der Waals surface area contributed by atoms with Crippen LogP contribution in [0.3, 0.4) is 0 Å². The van der Waals surface area contributed by atoms with Gasteiger partial charge in [-0.25, -0.2) is 0 Å². The van der Waals surface area contributed by atoms with Gasteiger partial charge in [-0.05, 0) is 42.3 Å². The third-order valence-electron chi connectivity index (χ3n) is 3.90. The average Bonchev–Trinajstić information content (AvgIpc) is 3.02. The molecule has 0 fully saturated rings. The molecule has 5 nitrogen and oxygen atoms in total. The summed E-state index contributed by atoms with van der Waals surface area (Å²) in [6, 6.07) is 13.1. The van der Waals surface area contributed by atoms with Crippen molar-refractivity contribution in [3.8, 4) is 17.2 Å². The number of rotatable bonds is 5. The van der Waals surface area contributed by atoms with Gasteiger partial charge in [0.2, 0.25) is 0 Å². The highest BCUT2D eigenvalue weighted by Gasteiger charge is 2.25. The lowest BCUT2D eigenvalue weighted by molar-refractivity contribution is -0.120. The summed E-state index contributed by atoms with van der Waals surface area (Å²) in [5, 5.41) is 0. The topological polar surface area (TPSA) is 48.0 Å². The lowest BCUT2D eigenvalue weighted by atomic mass is 10.1. The van der Waals surface area contributed by atoms with Gasteiger partial charge >= 0.3 is 0 Å². The molecule has 2 aromatic rings. The van der Waals surface area contributed by atoms with Crippen molar-refractivity contribution in [1.29, 1.82) is 0 Å². The highest BCUT2D eigenvalue weighted by atomic mass is 16.5. The number of fused-ring (bicyclic) bond motifs is 1. The number of anilines is 1. The van der Waals surface area contributed by atoms with Crippen LogP contribution in [0.5, 0.6) is 17.2 Å². The number of para-hydroxylation sites is 2. The monoisotopic (exact) mass is 313 g/mol. The lowest BCUT2D eigenvalue weighted by Crippen LogP contribution is -2.33. The predicted octanol–water partition coefficient (Wildman–Crippen LogP) is 2.67. The number of amides is 1. The molecule has 0 saturated carbocycles. The molecule has 0 aromatic heterocycles. The van der Waals surface area contributed by atoms with Crippen LogP contribution in [0.4, 0.5) is 5.69 Å². The number of methoxy groups -OCH3 is 2. The molecular weight excluding hydrogens is 294 g/mol. The van der Waals surface area contributed by atoms with E-state index in [9.17, 15) is 4.79 Å². The zero-order valence-electron chi connectivity index (χ0n) is 13.2. The fourth-order valence-corrected chi connectivity index (χ4v) is 2.72. The van der Waals surface area contributed by atoms with Gasteiger partial charge in [-0.2, -0.15) is 0 Å². The fourth-order valence-electron chi connectivity index (χ4n) is 2.72. The van der Waals surface area contributed by atoms with Crippen molar-refractivity contribution >= 4 is 11.6 Å². The van der Waals surface area contributed by atoms with E-state index in [0.29, 0.717) is 18.0 Å². The molecule has 0 aliphatic carbocycles. The summed E-state index contributed by atoms with van der Waals surface area (Å²) in [6.07, 6.45) is 0.826. The van der Waals surface area contributed by atoms with Gasteiger partial charge in [0, 0.05) is 12.2 Å². The fraction of sp³-hybridized carbons (Fsp3) is 0.278. The Morgan fingerprint density at radius 1 is 1.09 bits per heavy atom. The first-order valence-electron chi connectivity index (χ1n) is 7.46. The second-order valence-corrected chi connectivity index (χ2v) is 5.23. The minimum absolute atomic E-state index is 0.0220. The maximum absolute atomic E-state index is 12.5. The van der Waals surface area contributed by atoms with Crippen LogP contribution < -0.4 is 19.1 Å². The van der Waals surface area contributed by atoms with Crippen molar-refractivity contribution in [3.05, 3.63) is 48.0 Å². The molecule has 0 bridgehead atoms. The number of hydrogen-bond donors (Lipinski definition) is 0. The second kappa shape index (κ2) is 6.60. The van der Waals surface area contributed by atoms with Gasteiger partial charge < -0.3 is 19.1 Å². The maximum atomic E-state index is 12.5. The summed E-state index contributed by atoms with van der Waals surface area (Å²) in [5.41, 5.74) is 2.05. The number of nitrogens with zero attached hydrogens (tertiary/aromatic N) is 1. The molecule has 0 saturated heterocycles. The molecule has 1 aliphatic rings. The second-order valence-electron chi connectivity index (χ2n) is 5.23. The van der Waals surface area contributed by atoms with Gasteiger partial charge in [-0.3, -0.25) is 4.79 Å². The van der Waals surface area contributed by atoms with E-state index < -0.39 is 0 Å². The zero-order valence-corrected chi connectivity index (χ0v) is 13.2. The molecule has 120 valence electrons. The Bertz CT molecular complexity index is 714. The van der Waals surface area contributed by atoms with Gasteiger partial charge in [-0.15, -0.1) is 0 Å². The first kappa shape index (κ1) is 15.2. The van der Waals surface area contributed by atoms with Gasteiger partial charge in [0.05, 0.1) is 14.2 Å². The molecule has 3 rings (SSSR count). The zero-order chi connectivity index (χ0) is 16.2. The van der Waals surface area contributed by atoms with E-state index in [1.807, 2.05) is 30.3 Å². The molecule has 0 spiro atoms. The summed E-state index contributed by atoms with van der Waals surface area (Å²) >= 11 is 0. The first-order valence-corrected chi connectivity index (χ1v) is 7.46. The van der Waals surface area contributed by atoms with Crippen LogP contribution in [-0.4, -0.2) is 33.3 Å². The molecule has 0 radical (unpaired) electrons. The molecular formula is C18H19NO4. The third kappa shape index (κ3) is 3.08. The van der Waals surface area contributed by atoms with Crippen molar-refractivity contribution in [2.24, 2.45) is 0 Å². The number of hydrogen-bond acceptors (Lipinski definition) is 4. The van der Waals surface area contributed by atoms with Gasteiger partial charge in [0.15, 0.2) is 18.1 Å². The summed E-state index contributed by atoms with van der Waals surface area (Å²) in [6.45, 7) is 0.641. The van der Waals surface area contributed by atoms with Crippen LogP contribution in [0.15, 0.2) is 42.5 Å². The molecule has 2 aromatic carbocycles. The molecule has 0 atom stereocenters. The Balaban J connectivity index is 1.69. The third-order valence-corrected chi connectivity index (χ3v) is 3.90. The minimum atomic E-state index is -0.0696. The molecule has 5 heteroatoms. The lowest BCUT2D eigenvalue weighted by Gasteiger charge is -2.18. The Morgan fingerprint density at radius 2 is 1.87 bits per heavy atom. The average molecular weight is 313 g/mol. The van der Waals surface area contributed by atoms with Gasteiger partial charge in [0.25, 0.3) is 5.91 Å². The maximum Gasteiger partial charge on any atom is 0.264 e. The van der Waals surface area contributed by atoms with Crippen LogP contribution >= 0.6 is 0 Å². The van der Waals surface area contributed by atoms with E-state index in [4.69, 9.17) is 14.2 Å². The van der Waals surface area contributed by atoms with Gasteiger partial charge in [-0.1, -0.05) is 12.1 Å². The largest absolute Gasteiger partial charge is 0.497 e. The van der Waals surface area contributed by atoms with Crippen molar-refractivity contribution in [2.45, 2.75) is 6.42 Å². The quantitative estimate of drug-likeness (QED) is 0.851. The van der Waals surface area contributed by atoms with Crippen LogP contribution in [0, 0.1) is 0 Å². The summed E-state index contributed by atoms with van der Waals surface area (Å²) < 4.78 is 16.1. The first-order chi connectivity index (χ1) is 11.2. The smallest absolute Gasteiger partial charge is 0.264 e. The number of ether oxygens (including phenoxy) is 3. The van der Waals surface area contributed by atoms with E-state index in [-0.39, 0.29) is 12.5 Å². The molecule has 1 heterocycles. The number of carbonyl (C=O) groups is 1. The van der Waals surface area contributed by atoms with Crippen LogP contribution in [-0.2, 0) is 11.2 Å². The SMILES string of the molecule is COc1ccc2c(c1)CCN2C(=O)COc1ccccc1OC. The Labute approximate surface area is 135 Å². The van der Waals surface area contributed by atoms with Gasteiger partial charge in [0.1, 0.15) is 5.75 Å². The van der Waals surface area contributed by atoms with Crippen molar-refractivity contribution in [3.63, 3.8) is 0 Å². The minimum Gasteiger partial charge on any atom is -0.497 e. The number of benzene rings is 2. The Hall–Kier alpha value is -2.69. The molecule has 0 unspecified atom stereocenters. The van der Waals surface area contributed by atoms with Crippen LogP contribution in [0.1, 0.15) is 5.56 Å². The summed E-state index contributed by atoms with van der Waals surface area (Å²) in [5.74, 6) is 1.92. The number of carbonyl (C=O) groups excluding carboxylic acids is 1. The molecule has 1 amide bonds. The summed E-state index contributed by atoms with van der Waals surface area (Å²) in [4.78, 5) is 14.2. The van der Waals surface area contributed by atoms with E-state index in [1.54, 1.807) is 31.3 Å². The molecule has 1 aliphatic heterocycles. The van der Waals surface area contributed by atoms with Crippen LogP contribution in [0.2, 0.25) is 0 Å². The van der Waals surface area contributed by atoms with Crippen LogP contribution in [0.25, 0.3) is 0 Å². The van der Waals surface area contributed by atoms with Crippen molar-refractivity contribution < 1.29 is 19.0 Å². The molecule has 23 heavy (non-hydrogen) atoms. The standard InChI is InChI=1S/C18H19NO4/c1-21-14-7-8-15-13(11-14)9-10-19(15)18(20)12-23-17-6-4-3-5-16(17)22-2/h3-8,11H,9-10,12H2,1-2H3. The Morgan fingerprint density at radius 3 is 2.61 bits per heavy atom. The Kier molecular flexibility index (Phi) is 4.37. The highest BCUT2D eigenvalue weighted by molar-refractivity contribution is 5.96.